The van der Waals surface area contributed by atoms with Crippen molar-refractivity contribution in [3.8, 4) is 16.9 Å². The van der Waals surface area contributed by atoms with Crippen molar-refractivity contribution in [2.24, 2.45) is 0 Å². The summed E-state index contributed by atoms with van der Waals surface area (Å²) < 4.78 is 68.2. The van der Waals surface area contributed by atoms with E-state index in [2.05, 4.69) is 5.10 Å². The molecule has 1 amide bonds. The number of hydrogen-bond donors (Lipinski definition) is 1. The van der Waals surface area contributed by atoms with Crippen molar-refractivity contribution in [1.29, 1.82) is 0 Å². The molecular formula is C23H25F3N4O3S. The van der Waals surface area contributed by atoms with Crippen LogP contribution in [0.2, 0.25) is 0 Å². The average molecular weight is 495 g/mol. The number of halogens is 3. The van der Waals surface area contributed by atoms with Crippen LogP contribution in [0.3, 0.4) is 0 Å². The molecule has 34 heavy (non-hydrogen) atoms. The van der Waals surface area contributed by atoms with E-state index < -0.39 is 27.8 Å². The minimum Gasteiger partial charge on any atom is -0.309 e. The molecule has 0 bridgehead atoms. The number of alkyl halides is 3. The van der Waals surface area contributed by atoms with Crippen LogP contribution in [0.1, 0.15) is 24.1 Å². The maximum absolute atomic E-state index is 13.4. The summed E-state index contributed by atoms with van der Waals surface area (Å²) in [5.41, 5.74) is 0.851. The van der Waals surface area contributed by atoms with Gasteiger partial charge >= 0.3 is 6.18 Å². The van der Waals surface area contributed by atoms with Gasteiger partial charge in [0.25, 0.3) is 10.0 Å². The van der Waals surface area contributed by atoms with Crippen LogP contribution >= 0.6 is 0 Å². The predicted octanol–water partition coefficient (Wildman–Crippen LogP) is 4.01. The fourth-order valence-electron chi connectivity index (χ4n) is 3.23. The maximum Gasteiger partial charge on any atom is 0.435 e. The van der Waals surface area contributed by atoms with Gasteiger partial charge in [-0.25, -0.2) is 17.8 Å². The van der Waals surface area contributed by atoms with Gasteiger partial charge in [0, 0.05) is 12.0 Å². The van der Waals surface area contributed by atoms with E-state index in [0.717, 1.165) is 16.3 Å². The predicted molar refractivity (Wildman–Crippen MR) is 122 cm³/mol. The van der Waals surface area contributed by atoms with Crippen LogP contribution in [0.5, 0.6) is 0 Å². The quantitative estimate of drug-likeness (QED) is 0.512. The minimum absolute atomic E-state index is 0.0446. The summed E-state index contributed by atoms with van der Waals surface area (Å²) in [7, 11) is -0.427. The highest BCUT2D eigenvalue weighted by atomic mass is 32.2. The summed E-state index contributed by atoms with van der Waals surface area (Å²) in [6.07, 6.45) is -4.11. The van der Waals surface area contributed by atoms with Crippen LogP contribution in [0, 0.1) is 6.92 Å². The zero-order chi connectivity index (χ0) is 25.1. The van der Waals surface area contributed by atoms with E-state index >= 15 is 0 Å². The van der Waals surface area contributed by atoms with Crippen molar-refractivity contribution in [1.82, 2.24) is 19.4 Å². The Hall–Kier alpha value is -3.18. The molecule has 0 spiro atoms. The van der Waals surface area contributed by atoms with Gasteiger partial charge in [0.05, 0.1) is 16.3 Å². The summed E-state index contributed by atoms with van der Waals surface area (Å²) in [5.74, 6) is -0.630. The Morgan fingerprint density at radius 3 is 2.24 bits per heavy atom. The van der Waals surface area contributed by atoms with Crippen molar-refractivity contribution in [3.63, 3.8) is 0 Å². The molecule has 3 rings (SSSR count). The molecule has 7 nitrogen and oxygen atoms in total. The van der Waals surface area contributed by atoms with E-state index in [1.54, 1.807) is 24.3 Å². The van der Waals surface area contributed by atoms with E-state index in [4.69, 9.17) is 0 Å². The van der Waals surface area contributed by atoms with E-state index in [-0.39, 0.29) is 22.7 Å². The third-order valence-corrected chi connectivity index (χ3v) is 6.39. The number of aryl methyl sites for hydroxylation is 1. The number of carbonyl (C=O) groups is 1. The number of aromatic nitrogens is 2. The van der Waals surface area contributed by atoms with Gasteiger partial charge in [0.2, 0.25) is 5.91 Å². The van der Waals surface area contributed by atoms with Crippen LogP contribution in [-0.2, 0) is 21.0 Å². The molecule has 2 aromatic carbocycles. The molecule has 0 saturated carbocycles. The van der Waals surface area contributed by atoms with Crippen molar-refractivity contribution in [2.45, 2.75) is 30.8 Å². The van der Waals surface area contributed by atoms with Gasteiger partial charge in [-0.05, 0) is 64.3 Å². The monoisotopic (exact) mass is 494 g/mol. The molecule has 0 unspecified atom stereocenters. The third-order valence-electron chi connectivity index (χ3n) is 5.00. The number of rotatable bonds is 8. The number of amides is 1. The van der Waals surface area contributed by atoms with E-state index in [9.17, 15) is 26.4 Å². The summed E-state index contributed by atoms with van der Waals surface area (Å²) in [4.78, 5) is 13.7. The third kappa shape index (κ3) is 6.23. The average Bonchev–Trinajstić information content (AvgIpc) is 3.20. The zero-order valence-electron chi connectivity index (χ0n) is 18.9. The maximum atomic E-state index is 13.4. The summed E-state index contributed by atoms with van der Waals surface area (Å²) in [6.45, 7) is 2.50. The molecule has 0 aliphatic heterocycles. The lowest BCUT2D eigenvalue weighted by Crippen LogP contribution is -2.31. The molecule has 0 radical (unpaired) electrons. The number of sulfonamides is 1. The lowest BCUT2D eigenvalue weighted by atomic mass is 10.1. The molecule has 0 atom stereocenters. The first-order valence-electron chi connectivity index (χ1n) is 10.4. The van der Waals surface area contributed by atoms with Gasteiger partial charge in [0.1, 0.15) is 0 Å². The summed E-state index contributed by atoms with van der Waals surface area (Å²) in [6, 6.07) is 13.0. The molecule has 11 heteroatoms. The number of carbonyl (C=O) groups excluding carboxylic acids is 1. The molecule has 1 N–H and O–H groups in total. The first-order valence-corrected chi connectivity index (χ1v) is 11.9. The second-order valence-electron chi connectivity index (χ2n) is 8.12. The Bertz CT molecular complexity index is 1250. The summed E-state index contributed by atoms with van der Waals surface area (Å²) in [5, 5.41) is 3.71. The minimum atomic E-state index is -4.65. The van der Waals surface area contributed by atoms with Crippen LogP contribution in [-0.4, -0.2) is 49.6 Å². The Balaban J connectivity index is 1.88. The molecular weight excluding hydrogens is 469 g/mol. The Labute approximate surface area is 196 Å². The van der Waals surface area contributed by atoms with Gasteiger partial charge in [-0.1, -0.05) is 29.8 Å². The normalized spacial score (nSPS) is 12.2. The smallest absolute Gasteiger partial charge is 0.309 e. The molecule has 182 valence electrons. The number of nitrogens with one attached hydrogen (secondary N) is 1. The Morgan fingerprint density at radius 2 is 1.68 bits per heavy atom. The molecule has 0 aliphatic carbocycles. The molecule has 0 aliphatic rings. The topological polar surface area (TPSA) is 84.3 Å². The molecule has 1 heterocycles. The largest absolute Gasteiger partial charge is 0.435 e. The number of benzene rings is 2. The van der Waals surface area contributed by atoms with Gasteiger partial charge < -0.3 is 4.90 Å². The van der Waals surface area contributed by atoms with Gasteiger partial charge in [0.15, 0.2) is 5.69 Å². The van der Waals surface area contributed by atoms with Gasteiger partial charge in [-0.2, -0.15) is 18.3 Å². The van der Waals surface area contributed by atoms with Crippen LogP contribution in [0.15, 0.2) is 59.5 Å². The van der Waals surface area contributed by atoms with Crippen molar-refractivity contribution in [2.75, 3.05) is 20.6 Å². The number of hydrogen-bond acceptors (Lipinski definition) is 5. The van der Waals surface area contributed by atoms with E-state index in [1.165, 1.54) is 24.3 Å². The van der Waals surface area contributed by atoms with E-state index in [0.29, 0.717) is 18.5 Å². The zero-order valence-corrected chi connectivity index (χ0v) is 19.7. The Kier molecular flexibility index (Phi) is 7.47. The lowest BCUT2D eigenvalue weighted by molar-refractivity contribution is -0.141. The first-order chi connectivity index (χ1) is 15.9. The molecule has 0 saturated heterocycles. The standard InChI is InChI=1S/C23H25F3N4O3S/c1-16-6-8-17(9-7-16)20-15-21(23(24,25)26)27-30(20)18-10-12-19(13-11-18)34(32,33)28-22(31)5-4-14-29(2)3/h6-13,15H,4-5,14H2,1-3H3,(H,28,31). The molecule has 1 aromatic heterocycles. The fraction of sp³-hybridized carbons (Fsp3) is 0.304. The van der Waals surface area contributed by atoms with Crippen molar-refractivity contribution < 1.29 is 26.4 Å². The fourth-order valence-corrected chi connectivity index (χ4v) is 4.24. The second kappa shape index (κ2) is 9.98. The van der Waals surface area contributed by atoms with Crippen LogP contribution < -0.4 is 4.72 Å². The van der Waals surface area contributed by atoms with Gasteiger partial charge in [-0.3, -0.25) is 4.79 Å². The lowest BCUT2D eigenvalue weighted by Gasteiger charge is -2.11. The van der Waals surface area contributed by atoms with Crippen LogP contribution in [0.4, 0.5) is 13.2 Å². The number of nitrogens with zero attached hydrogens (tertiary/aromatic N) is 3. The summed E-state index contributed by atoms with van der Waals surface area (Å²) >= 11 is 0. The van der Waals surface area contributed by atoms with Crippen molar-refractivity contribution >= 4 is 15.9 Å². The van der Waals surface area contributed by atoms with Gasteiger partial charge in [-0.15, -0.1) is 0 Å². The first kappa shape index (κ1) is 25.4. The van der Waals surface area contributed by atoms with E-state index in [1.807, 2.05) is 30.6 Å². The SMILES string of the molecule is Cc1ccc(-c2cc(C(F)(F)F)nn2-c2ccc(S(=O)(=O)NC(=O)CCCN(C)C)cc2)cc1. The highest BCUT2D eigenvalue weighted by molar-refractivity contribution is 7.90. The molecule has 0 fully saturated rings. The highest BCUT2D eigenvalue weighted by Crippen LogP contribution is 2.33. The Morgan fingerprint density at radius 1 is 1.06 bits per heavy atom. The van der Waals surface area contributed by atoms with Crippen molar-refractivity contribution in [3.05, 3.63) is 65.9 Å². The van der Waals surface area contributed by atoms with Crippen LogP contribution in [0.25, 0.3) is 16.9 Å². The highest BCUT2D eigenvalue weighted by Gasteiger charge is 2.35. The second-order valence-corrected chi connectivity index (χ2v) is 9.80. The molecule has 3 aromatic rings.